The maximum atomic E-state index is 5.95. The Labute approximate surface area is 145 Å². The van der Waals surface area contributed by atoms with Gasteiger partial charge in [0.15, 0.2) is 0 Å². The summed E-state index contributed by atoms with van der Waals surface area (Å²) < 4.78 is 6.65. The highest BCUT2D eigenvalue weighted by atomic mass is 79.9. The van der Waals surface area contributed by atoms with Gasteiger partial charge >= 0.3 is 0 Å². The van der Waals surface area contributed by atoms with E-state index in [1.165, 1.54) is 0 Å². The van der Waals surface area contributed by atoms with Crippen molar-refractivity contribution in [2.75, 3.05) is 0 Å². The van der Waals surface area contributed by atoms with Crippen molar-refractivity contribution in [3.05, 3.63) is 81.5 Å². The van der Waals surface area contributed by atoms with Gasteiger partial charge in [-0.15, -0.1) is 13.2 Å². The molecule has 1 aromatic carbocycles. The van der Waals surface area contributed by atoms with Gasteiger partial charge in [0.1, 0.15) is 12.4 Å². The molecule has 0 saturated heterocycles. The predicted octanol–water partition coefficient (Wildman–Crippen LogP) is 7.07. The minimum Gasteiger partial charge on any atom is -0.489 e. The normalized spacial score (nSPS) is 10.2. The Morgan fingerprint density at radius 1 is 1.24 bits per heavy atom. The molecule has 114 valence electrons. The Morgan fingerprint density at radius 3 is 2.33 bits per heavy atom. The van der Waals surface area contributed by atoms with Gasteiger partial charge in [-0.25, -0.2) is 0 Å². The average Bonchev–Trinajstić information content (AvgIpc) is 2.48. The van der Waals surface area contributed by atoms with Crippen LogP contribution in [-0.4, -0.2) is 0 Å². The summed E-state index contributed by atoms with van der Waals surface area (Å²) in [7, 11) is 0. The Morgan fingerprint density at radius 2 is 1.86 bits per heavy atom. The molecule has 0 bridgehead atoms. The van der Waals surface area contributed by atoms with Gasteiger partial charge in [0.25, 0.3) is 0 Å². The van der Waals surface area contributed by atoms with Gasteiger partial charge in [-0.2, -0.15) is 0 Å². The number of hydrogen-bond acceptors (Lipinski definition) is 1. The number of halogens is 3. The Hall–Kier alpha value is -0.960. The molecule has 0 radical (unpaired) electrons. The summed E-state index contributed by atoms with van der Waals surface area (Å²) in [6.07, 6.45) is 3.56. The summed E-state index contributed by atoms with van der Waals surface area (Å²) in [6, 6.07) is 5.43. The molecule has 0 saturated carbocycles. The summed E-state index contributed by atoms with van der Waals surface area (Å²) in [6.45, 7) is 14.2. The summed E-state index contributed by atoms with van der Waals surface area (Å²) in [5, 5.41) is 1.06. The van der Waals surface area contributed by atoms with E-state index in [1.807, 2.05) is 26.0 Å². The monoisotopic (exact) mass is 388 g/mol. The maximum Gasteiger partial charge on any atom is 0.120 e. The molecule has 0 aliphatic rings. The third-order valence-corrected chi connectivity index (χ3v) is 4.10. The molecule has 0 heterocycles. The molecule has 1 aromatic rings. The lowest BCUT2D eigenvalue weighted by molar-refractivity contribution is 0.211. The molecule has 21 heavy (non-hydrogen) atoms. The number of hydrogen-bond donors (Lipinski definition) is 0. The molecule has 0 aliphatic carbocycles. The Bertz CT molecular complexity index is 544. The molecule has 0 unspecified atom stereocenters. The number of allylic oxidation sites excluding steroid dienone is 4. The van der Waals surface area contributed by atoms with E-state index in [4.69, 9.17) is 27.9 Å². The van der Waals surface area contributed by atoms with Crippen LogP contribution >= 0.6 is 39.1 Å². The van der Waals surface area contributed by atoms with Crippen molar-refractivity contribution >= 4 is 39.1 Å². The van der Waals surface area contributed by atoms with E-state index in [2.05, 4.69) is 35.7 Å². The molecule has 4 heteroatoms. The number of benzene rings is 1. The van der Waals surface area contributed by atoms with Gasteiger partial charge < -0.3 is 4.74 Å². The van der Waals surface area contributed by atoms with Crippen LogP contribution in [0, 0.1) is 0 Å². The van der Waals surface area contributed by atoms with E-state index in [-0.39, 0.29) is 0 Å². The van der Waals surface area contributed by atoms with Crippen LogP contribution in [0.5, 0.6) is 0 Å². The zero-order chi connectivity index (χ0) is 16.4. The maximum absolute atomic E-state index is 5.95. The lowest BCUT2D eigenvalue weighted by Gasteiger charge is -2.08. The van der Waals surface area contributed by atoms with Gasteiger partial charge in [0.05, 0.1) is 10.0 Å². The van der Waals surface area contributed by atoms with Crippen molar-refractivity contribution in [1.29, 1.82) is 0 Å². The Balaban J connectivity index is 0.00000191. The molecule has 0 atom stereocenters. The van der Waals surface area contributed by atoms with Gasteiger partial charge in [0.2, 0.25) is 0 Å². The van der Waals surface area contributed by atoms with Gasteiger partial charge in [-0.05, 0) is 43.7 Å². The second-order valence-corrected chi connectivity index (χ2v) is 5.80. The summed E-state index contributed by atoms with van der Waals surface area (Å²) in [5.74, 6) is 0.694. The molecule has 1 rings (SSSR count). The van der Waals surface area contributed by atoms with Crippen molar-refractivity contribution in [2.24, 2.45) is 0 Å². The van der Waals surface area contributed by atoms with Crippen molar-refractivity contribution < 1.29 is 4.74 Å². The smallest absolute Gasteiger partial charge is 0.120 e. The van der Waals surface area contributed by atoms with E-state index in [0.29, 0.717) is 22.4 Å². The topological polar surface area (TPSA) is 9.23 Å². The van der Waals surface area contributed by atoms with Crippen LogP contribution < -0.4 is 0 Å². The van der Waals surface area contributed by atoms with Crippen molar-refractivity contribution in [3.8, 4) is 0 Å². The SMILES string of the molecule is C=C.C=C/C(=C\C(Br)=C(C)C)OCc1ccc(Cl)c(Cl)c1. The van der Waals surface area contributed by atoms with Crippen molar-refractivity contribution in [2.45, 2.75) is 20.5 Å². The van der Waals surface area contributed by atoms with Gasteiger partial charge in [0, 0.05) is 4.48 Å². The highest BCUT2D eigenvalue weighted by Gasteiger charge is 2.01. The van der Waals surface area contributed by atoms with Crippen molar-refractivity contribution in [3.63, 3.8) is 0 Å². The quantitative estimate of drug-likeness (QED) is 0.297. The van der Waals surface area contributed by atoms with Crippen molar-refractivity contribution in [1.82, 2.24) is 0 Å². The molecule has 1 nitrogen and oxygen atoms in total. The predicted molar refractivity (Wildman–Crippen MR) is 98.1 cm³/mol. The Kier molecular flexibility index (Phi) is 10.2. The highest BCUT2D eigenvalue weighted by molar-refractivity contribution is 9.11. The molecule has 0 amide bonds. The van der Waals surface area contributed by atoms with Crippen LogP contribution in [0.2, 0.25) is 10.0 Å². The molecule has 0 N–H and O–H groups in total. The zero-order valence-electron chi connectivity index (χ0n) is 12.3. The molecule has 0 fully saturated rings. The van der Waals surface area contributed by atoms with Gasteiger partial charge in [-0.3, -0.25) is 0 Å². The fraction of sp³-hybridized carbons (Fsp3) is 0.176. The number of rotatable bonds is 5. The first-order chi connectivity index (χ1) is 9.93. The molecular weight excluding hydrogens is 371 g/mol. The molecular formula is C17H19BrCl2O. The third-order valence-electron chi connectivity index (χ3n) is 2.34. The molecule has 0 aliphatic heterocycles. The lowest BCUT2D eigenvalue weighted by atomic mass is 10.2. The summed E-state index contributed by atoms with van der Waals surface area (Å²) in [4.78, 5) is 0. The zero-order valence-corrected chi connectivity index (χ0v) is 15.4. The van der Waals surface area contributed by atoms with Crippen LogP contribution in [0.25, 0.3) is 0 Å². The van der Waals surface area contributed by atoms with Crippen LogP contribution in [0.3, 0.4) is 0 Å². The highest BCUT2D eigenvalue weighted by Crippen LogP contribution is 2.23. The first kappa shape index (κ1) is 20.0. The fourth-order valence-corrected chi connectivity index (χ4v) is 1.77. The first-order valence-corrected chi connectivity index (χ1v) is 7.72. The van der Waals surface area contributed by atoms with Crippen LogP contribution in [-0.2, 0) is 11.3 Å². The third kappa shape index (κ3) is 7.56. The van der Waals surface area contributed by atoms with Crippen LogP contribution in [0.15, 0.2) is 65.9 Å². The van der Waals surface area contributed by atoms with E-state index in [9.17, 15) is 0 Å². The van der Waals surface area contributed by atoms with Gasteiger partial charge in [-0.1, -0.05) is 57.4 Å². The number of ether oxygens (including phenoxy) is 1. The largest absolute Gasteiger partial charge is 0.489 e. The minimum absolute atomic E-state index is 0.414. The summed E-state index contributed by atoms with van der Waals surface area (Å²) in [5.41, 5.74) is 2.12. The van der Waals surface area contributed by atoms with Crippen LogP contribution in [0.1, 0.15) is 19.4 Å². The van der Waals surface area contributed by atoms with E-state index < -0.39 is 0 Å². The van der Waals surface area contributed by atoms with E-state index >= 15 is 0 Å². The average molecular weight is 390 g/mol. The van der Waals surface area contributed by atoms with Crippen LogP contribution in [0.4, 0.5) is 0 Å². The second-order valence-electron chi connectivity index (χ2n) is 4.14. The lowest BCUT2D eigenvalue weighted by Crippen LogP contribution is -1.92. The fourth-order valence-electron chi connectivity index (χ4n) is 1.22. The second kappa shape index (κ2) is 10.7. The van der Waals surface area contributed by atoms with E-state index in [1.54, 1.807) is 18.2 Å². The standard InChI is InChI=1S/C15H15BrCl2O.C2H4/c1-4-12(8-13(16)10(2)3)19-9-11-5-6-14(17)15(18)7-11;1-2/h4-8H,1,9H2,2-3H3;1-2H2/b12-8+;. The minimum atomic E-state index is 0.414. The summed E-state index contributed by atoms with van der Waals surface area (Å²) >= 11 is 15.3. The molecule has 0 aromatic heterocycles. The first-order valence-electron chi connectivity index (χ1n) is 6.18. The van der Waals surface area contributed by atoms with E-state index in [0.717, 1.165) is 15.6 Å². The molecule has 0 spiro atoms.